The Labute approximate surface area is 168 Å². The number of rotatable bonds is 4. The van der Waals surface area contributed by atoms with Gasteiger partial charge in [0.05, 0.1) is 10.7 Å². The highest BCUT2D eigenvalue weighted by Gasteiger charge is 2.24. The number of hydrogen-bond acceptors (Lipinski definition) is 5. The van der Waals surface area contributed by atoms with Gasteiger partial charge in [0.2, 0.25) is 5.82 Å². The number of aromatic nitrogens is 4. The fourth-order valence-electron chi connectivity index (χ4n) is 3.38. The van der Waals surface area contributed by atoms with Crippen molar-refractivity contribution in [2.24, 2.45) is 0 Å². The summed E-state index contributed by atoms with van der Waals surface area (Å²) in [5.41, 5.74) is 0.705. The molecule has 1 saturated heterocycles. The van der Waals surface area contributed by atoms with E-state index in [1.165, 1.54) is 0 Å². The van der Waals surface area contributed by atoms with Crippen LogP contribution in [0.4, 0.5) is 5.82 Å². The molecular weight excluding hydrogens is 376 g/mol. The number of aryl methyl sites for hydroxylation is 1. The van der Waals surface area contributed by atoms with E-state index in [-0.39, 0.29) is 17.8 Å². The molecule has 3 aromatic rings. The second kappa shape index (κ2) is 7.98. The minimum Gasteiger partial charge on any atom is -0.356 e. The van der Waals surface area contributed by atoms with Crippen LogP contribution in [0.5, 0.6) is 0 Å². The van der Waals surface area contributed by atoms with Crippen molar-refractivity contribution in [2.75, 3.05) is 18.0 Å². The minimum absolute atomic E-state index is 0.0973. The molecule has 144 valence electrons. The third kappa shape index (κ3) is 3.84. The second-order valence-electron chi connectivity index (χ2n) is 6.77. The highest BCUT2D eigenvalue weighted by Crippen LogP contribution is 2.21. The van der Waals surface area contributed by atoms with Gasteiger partial charge < -0.3 is 10.2 Å². The van der Waals surface area contributed by atoms with Gasteiger partial charge in [-0.1, -0.05) is 29.8 Å². The topological polar surface area (TPSA) is 75.9 Å². The number of nitrogens with one attached hydrogen (secondary N) is 1. The van der Waals surface area contributed by atoms with Gasteiger partial charge >= 0.3 is 0 Å². The third-order valence-corrected chi connectivity index (χ3v) is 5.18. The minimum atomic E-state index is -0.259. The maximum Gasteiger partial charge on any atom is 0.291 e. The molecule has 1 amide bonds. The van der Waals surface area contributed by atoms with E-state index in [0.717, 1.165) is 31.7 Å². The van der Waals surface area contributed by atoms with E-state index in [0.29, 0.717) is 16.5 Å². The normalized spacial score (nSPS) is 14.9. The molecular formula is C20H21ClN6O. The van der Waals surface area contributed by atoms with Crippen molar-refractivity contribution in [3.8, 4) is 5.69 Å². The van der Waals surface area contributed by atoms with Crippen LogP contribution < -0.4 is 10.2 Å². The molecule has 7 nitrogen and oxygen atoms in total. The largest absolute Gasteiger partial charge is 0.356 e. The zero-order valence-electron chi connectivity index (χ0n) is 15.5. The van der Waals surface area contributed by atoms with E-state index in [1.54, 1.807) is 23.9 Å². The van der Waals surface area contributed by atoms with Crippen LogP contribution in [0.1, 0.15) is 29.3 Å². The quantitative estimate of drug-likeness (QED) is 0.733. The number of anilines is 1. The van der Waals surface area contributed by atoms with Gasteiger partial charge in [0.1, 0.15) is 11.6 Å². The van der Waals surface area contributed by atoms with Crippen LogP contribution in [0.25, 0.3) is 5.69 Å². The van der Waals surface area contributed by atoms with Crippen LogP contribution in [-0.2, 0) is 0 Å². The number of hydrogen-bond donors (Lipinski definition) is 1. The molecule has 0 atom stereocenters. The predicted molar refractivity (Wildman–Crippen MR) is 108 cm³/mol. The van der Waals surface area contributed by atoms with Crippen LogP contribution >= 0.6 is 11.6 Å². The molecule has 8 heteroatoms. The van der Waals surface area contributed by atoms with Crippen LogP contribution in [0.15, 0.2) is 48.7 Å². The van der Waals surface area contributed by atoms with E-state index in [2.05, 4.69) is 25.3 Å². The summed E-state index contributed by atoms with van der Waals surface area (Å²) in [5.74, 6) is 1.49. The molecule has 0 aliphatic carbocycles. The average Bonchev–Trinajstić information content (AvgIpc) is 3.11. The Balaban J connectivity index is 1.40. The zero-order chi connectivity index (χ0) is 19.5. The van der Waals surface area contributed by atoms with Gasteiger partial charge in [0.15, 0.2) is 0 Å². The van der Waals surface area contributed by atoms with Gasteiger partial charge in [0, 0.05) is 25.3 Å². The van der Waals surface area contributed by atoms with Crippen LogP contribution in [-0.4, -0.2) is 44.8 Å². The summed E-state index contributed by atoms with van der Waals surface area (Å²) in [6, 6.07) is 13.4. The van der Waals surface area contributed by atoms with E-state index in [9.17, 15) is 4.79 Å². The first-order chi connectivity index (χ1) is 13.6. The molecule has 1 aliphatic heterocycles. The summed E-state index contributed by atoms with van der Waals surface area (Å²) in [6.45, 7) is 3.50. The lowest BCUT2D eigenvalue weighted by atomic mass is 10.0. The number of benzene rings is 1. The van der Waals surface area contributed by atoms with Crippen molar-refractivity contribution in [1.82, 2.24) is 25.1 Å². The van der Waals surface area contributed by atoms with Gasteiger partial charge in [-0.05, 0) is 44.0 Å². The van der Waals surface area contributed by atoms with Crippen molar-refractivity contribution in [3.63, 3.8) is 0 Å². The number of halogens is 1. The third-order valence-electron chi connectivity index (χ3n) is 4.86. The maximum absolute atomic E-state index is 12.6. The fraction of sp³-hybridized carbons (Fsp3) is 0.300. The molecule has 0 saturated carbocycles. The maximum atomic E-state index is 12.6. The molecule has 3 heterocycles. The standard InChI is InChI=1S/C20H21ClN6O/c1-14-23-19(25-27(14)17-7-3-2-6-16(17)21)20(28)24-15-9-12-26(13-10-15)18-8-4-5-11-22-18/h2-8,11,15H,9-10,12-13H2,1H3,(H,24,28). The second-order valence-corrected chi connectivity index (χ2v) is 7.18. The number of para-hydroxylation sites is 1. The molecule has 1 N–H and O–H groups in total. The van der Waals surface area contributed by atoms with Crippen LogP contribution in [0.3, 0.4) is 0 Å². The summed E-state index contributed by atoms with van der Waals surface area (Å²) < 4.78 is 1.60. The number of nitrogens with zero attached hydrogens (tertiary/aromatic N) is 5. The molecule has 1 fully saturated rings. The van der Waals surface area contributed by atoms with Crippen molar-refractivity contribution in [3.05, 3.63) is 65.3 Å². The average molecular weight is 397 g/mol. The van der Waals surface area contributed by atoms with Gasteiger partial charge in [0.25, 0.3) is 5.91 Å². The molecule has 2 aromatic heterocycles. The van der Waals surface area contributed by atoms with Crippen molar-refractivity contribution >= 4 is 23.3 Å². The summed E-state index contributed by atoms with van der Waals surface area (Å²) in [6.07, 6.45) is 3.51. The Morgan fingerprint density at radius 3 is 2.61 bits per heavy atom. The highest BCUT2D eigenvalue weighted by atomic mass is 35.5. The molecule has 1 aromatic carbocycles. The van der Waals surface area contributed by atoms with E-state index in [1.807, 2.05) is 36.4 Å². The van der Waals surface area contributed by atoms with Crippen LogP contribution in [0.2, 0.25) is 5.02 Å². The lowest BCUT2D eigenvalue weighted by Crippen LogP contribution is -2.45. The fourth-order valence-corrected chi connectivity index (χ4v) is 3.60. The SMILES string of the molecule is Cc1nc(C(=O)NC2CCN(c3ccccn3)CC2)nn1-c1ccccc1Cl. The molecule has 0 spiro atoms. The van der Waals surface area contributed by atoms with Crippen molar-refractivity contribution < 1.29 is 4.79 Å². The van der Waals surface area contributed by atoms with Crippen LogP contribution in [0, 0.1) is 6.92 Å². The first-order valence-corrected chi connectivity index (χ1v) is 9.65. The predicted octanol–water partition coefficient (Wildman–Crippen LogP) is 3.02. The zero-order valence-corrected chi connectivity index (χ0v) is 16.3. The molecule has 1 aliphatic rings. The summed E-state index contributed by atoms with van der Waals surface area (Å²) in [5, 5.41) is 7.97. The smallest absolute Gasteiger partial charge is 0.291 e. The molecule has 28 heavy (non-hydrogen) atoms. The number of carbonyl (C=O) groups excluding carboxylic acids is 1. The number of piperidine rings is 1. The first kappa shape index (κ1) is 18.4. The lowest BCUT2D eigenvalue weighted by Gasteiger charge is -2.32. The lowest BCUT2D eigenvalue weighted by molar-refractivity contribution is 0.0920. The number of carbonyl (C=O) groups is 1. The Morgan fingerprint density at radius 1 is 1.14 bits per heavy atom. The number of amides is 1. The molecule has 0 bridgehead atoms. The van der Waals surface area contributed by atoms with Gasteiger partial charge in [-0.25, -0.2) is 14.6 Å². The van der Waals surface area contributed by atoms with E-state index in [4.69, 9.17) is 11.6 Å². The summed E-state index contributed by atoms with van der Waals surface area (Å²) in [7, 11) is 0. The molecule has 0 unspecified atom stereocenters. The number of pyridine rings is 1. The Hall–Kier alpha value is -2.93. The Kier molecular flexibility index (Phi) is 5.25. The van der Waals surface area contributed by atoms with Gasteiger partial charge in [-0.2, -0.15) is 0 Å². The van der Waals surface area contributed by atoms with Gasteiger partial charge in [-0.3, -0.25) is 4.79 Å². The van der Waals surface area contributed by atoms with Gasteiger partial charge in [-0.15, -0.1) is 5.10 Å². The Bertz CT molecular complexity index is 966. The monoisotopic (exact) mass is 396 g/mol. The molecule has 4 rings (SSSR count). The van der Waals surface area contributed by atoms with E-state index >= 15 is 0 Å². The van der Waals surface area contributed by atoms with E-state index < -0.39 is 0 Å². The summed E-state index contributed by atoms with van der Waals surface area (Å²) >= 11 is 6.24. The van der Waals surface area contributed by atoms with Crippen molar-refractivity contribution in [2.45, 2.75) is 25.8 Å². The Morgan fingerprint density at radius 2 is 1.89 bits per heavy atom. The van der Waals surface area contributed by atoms with Crippen molar-refractivity contribution in [1.29, 1.82) is 0 Å². The molecule has 0 radical (unpaired) electrons. The summed E-state index contributed by atoms with van der Waals surface area (Å²) in [4.78, 5) is 23.6. The highest BCUT2D eigenvalue weighted by molar-refractivity contribution is 6.32. The first-order valence-electron chi connectivity index (χ1n) is 9.27.